The van der Waals surface area contributed by atoms with Crippen LogP contribution >= 0.6 is 11.6 Å². The van der Waals surface area contributed by atoms with Crippen LogP contribution in [0.25, 0.3) is 0 Å². The lowest BCUT2D eigenvalue weighted by molar-refractivity contribution is -0.127. The van der Waals surface area contributed by atoms with Gasteiger partial charge in [0, 0.05) is 22.3 Å². The van der Waals surface area contributed by atoms with Crippen molar-refractivity contribution in [3.05, 3.63) is 161 Å². The number of aryl methyl sites for hydroxylation is 1. The van der Waals surface area contributed by atoms with Gasteiger partial charge in [0.1, 0.15) is 5.75 Å². The number of aromatic hydroxyl groups is 1. The number of imide groups is 2. The zero-order valence-electron chi connectivity index (χ0n) is 29.4. The van der Waals surface area contributed by atoms with Gasteiger partial charge in [-0.25, -0.2) is 4.90 Å². The summed E-state index contributed by atoms with van der Waals surface area (Å²) >= 11 is 6.42. The Labute approximate surface area is 317 Å². The van der Waals surface area contributed by atoms with Gasteiger partial charge in [-0.3, -0.25) is 24.1 Å². The summed E-state index contributed by atoms with van der Waals surface area (Å²) in [5.74, 6) is -4.59. The fourth-order valence-corrected chi connectivity index (χ4v) is 9.80. The van der Waals surface area contributed by atoms with E-state index in [9.17, 15) is 19.5 Å². The fraction of sp³-hybridized carbons (Fsp3) is 0.200. The van der Waals surface area contributed by atoms with Crippen molar-refractivity contribution in [1.29, 1.82) is 0 Å². The number of amides is 4. The molecule has 5 aromatic rings. The number of phenols is 1. The van der Waals surface area contributed by atoms with Crippen molar-refractivity contribution in [3.8, 4) is 5.75 Å². The quantitative estimate of drug-likeness (QED) is 0.134. The van der Waals surface area contributed by atoms with Gasteiger partial charge in [0.25, 0.3) is 0 Å². The summed E-state index contributed by atoms with van der Waals surface area (Å²) < 4.78 is 0. The molecule has 4 aliphatic rings. The molecule has 0 aromatic heterocycles. The molecule has 2 aliphatic heterocycles. The average molecular weight is 734 g/mol. The third-order valence-electron chi connectivity index (χ3n) is 11.9. The Kier molecular flexibility index (Phi) is 8.05. The maximum Gasteiger partial charge on any atom is 0.246 e. The number of allylic oxidation sites excluding steroid dienone is 2. The van der Waals surface area contributed by atoms with Crippen LogP contribution in [0.1, 0.15) is 35.4 Å². The van der Waals surface area contributed by atoms with Gasteiger partial charge in [-0.2, -0.15) is 0 Å². The van der Waals surface area contributed by atoms with E-state index in [0.717, 1.165) is 22.5 Å². The molecule has 54 heavy (non-hydrogen) atoms. The summed E-state index contributed by atoms with van der Waals surface area (Å²) in [6.07, 6.45) is 2.55. The minimum Gasteiger partial charge on any atom is -0.508 e. The maximum atomic E-state index is 15.4. The van der Waals surface area contributed by atoms with Gasteiger partial charge in [-0.1, -0.05) is 90.0 Å². The number of hydrogen-bond donors (Lipinski definition) is 2. The number of rotatable bonds is 6. The summed E-state index contributed by atoms with van der Waals surface area (Å²) in [6.45, 7) is 1.80. The molecule has 0 spiro atoms. The van der Waals surface area contributed by atoms with E-state index < -0.39 is 35.0 Å². The van der Waals surface area contributed by atoms with Gasteiger partial charge in [-0.05, 0) is 103 Å². The molecule has 2 saturated heterocycles. The highest BCUT2D eigenvalue weighted by Gasteiger charge is 2.70. The second-order valence-corrected chi connectivity index (χ2v) is 15.1. The SMILES string of the molecule is Cc1cc([C@H]2C3=CC[C@@H]4C(=O)N(c5ccc(Nc6ccccc6)cc5)C(=O)[C@@H]4[C@@H]3C[C@H]3C(=O)N(c4cccc(Cl)c4)C(=O)[C@@]23c2ccccc2)ccc1O. The molecule has 6 atom stereocenters. The Morgan fingerprint density at radius 1 is 0.704 bits per heavy atom. The number of benzene rings is 5. The smallest absolute Gasteiger partial charge is 0.246 e. The molecule has 268 valence electrons. The number of carbonyl (C=O) groups excluding carboxylic acids is 4. The van der Waals surface area contributed by atoms with Crippen LogP contribution in [0.15, 0.2) is 139 Å². The van der Waals surface area contributed by atoms with Crippen LogP contribution in [0.2, 0.25) is 5.02 Å². The van der Waals surface area contributed by atoms with Gasteiger partial charge < -0.3 is 10.4 Å². The molecule has 0 unspecified atom stereocenters. The number of carbonyl (C=O) groups is 4. The van der Waals surface area contributed by atoms with Gasteiger partial charge >= 0.3 is 0 Å². The Morgan fingerprint density at radius 3 is 2.11 bits per heavy atom. The third-order valence-corrected chi connectivity index (χ3v) is 12.1. The Hall–Kier alpha value is -5.99. The number of nitrogens with zero attached hydrogens (tertiary/aromatic N) is 2. The Morgan fingerprint density at radius 2 is 1.41 bits per heavy atom. The van der Waals surface area contributed by atoms with Gasteiger partial charge in [-0.15, -0.1) is 0 Å². The lowest BCUT2D eigenvalue weighted by atomic mass is 9.49. The van der Waals surface area contributed by atoms with Crippen LogP contribution in [0, 0.1) is 30.6 Å². The number of fused-ring (bicyclic) bond motifs is 4. The van der Waals surface area contributed by atoms with E-state index in [4.69, 9.17) is 11.6 Å². The molecule has 9 rings (SSSR count). The lowest BCUT2D eigenvalue weighted by Crippen LogP contribution is -2.53. The summed E-state index contributed by atoms with van der Waals surface area (Å²) in [7, 11) is 0. The van der Waals surface area contributed by atoms with Crippen LogP contribution in [0.3, 0.4) is 0 Å². The molecule has 0 radical (unpaired) electrons. The highest BCUT2D eigenvalue weighted by atomic mass is 35.5. The topological polar surface area (TPSA) is 107 Å². The van der Waals surface area contributed by atoms with Crippen molar-refractivity contribution in [2.45, 2.75) is 31.1 Å². The van der Waals surface area contributed by atoms with Crippen molar-refractivity contribution in [2.75, 3.05) is 15.1 Å². The van der Waals surface area contributed by atoms with Crippen molar-refractivity contribution in [3.63, 3.8) is 0 Å². The van der Waals surface area contributed by atoms with Gasteiger partial charge in [0.15, 0.2) is 0 Å². The zero-order chi connectivity index (χ0) is 37.3. The summed E-state index contributed by atoms with van der Waals surface area (Å²) in [5, 5.41) is 14.4. The van der Waals surface area contributed by atoms with Crippen LogP contribution < -0.4 is 15.1 Å². The number of halogens is 1. The first-order valence-electron chi connectivity index (χ1n) is 18.2. The molecular weight excluding hydrogens is 698 g/mol. The molecule has 5 aromatic carbocycles. The molecular formula is C45H36ClN3O5. The summed E-state index contributed by atoms with van der Waals surface area (Å²) in [6, 6.07) is 38.4. The van der Waals surface area contributed by atoms with Crippen molar-refractivity contribution < 1.29 is 24.3 Å². The molecule has 3 fully saturated rings. The van der Waals surface area contributed by atoms with Gasteiger partial charge in [0.05, 0.1) is 34.5 Å². The van der Waals surface area contributed by atoms with E-state index in [2.05, 4.69) is 5.32 Å². The minimum atomic E-state index is -1.38. The highest BCUT2D eigenvalue weighted by molar-refractivity contribution is 6.32. The minimum absolute atomic E-state index is 0.112. The number of hydrogen-bond acceptors (Lipinski definition) is 6. The standard InChI is InChI=1S/C45H36ClN3O5/c1-26-23-27(15-22-38(26)50)40-34-20-21-35-39(43(53)48(41(35)51)32-18-16-31(17-19-32)47-30-12-6-3-7-13-30)36(34)25-37-42(52)49(33-14-8-11-29(46)24-33)44(54)45(37,40)28-9-4-2-5-10-28/h2-20,22-24,35-37,39-40,47,50H,21,25H2,1H3/t35-,36+,37-,39-,40-,45+/m0/s1. The van der Waals surface area contributed by atoms with Crippen LogP contribution in [-0.2, 0) is 24.6 Å². The van der Waals surface area contributed by atoms with E-state index in [1.54, 1.807) is 49.4 Å². The third kappa shape index (κ3) is 5.04. The molecule has 2 heterocycles. The second-order valence-electron chi connectivity index (χ2n) is 14.7. The van der Waals surface area contributed by atoms with E-state index in [1.165, 1.54) is 9.80 Å². The fourth-order valence-electron chi connectivity index (χ4n) is 9.61. The first-order valence-corrected chi connectivity index (χ1v) is 18.5. The second kappa shape index (κ2) is 12.8. The highest BCUT2D eigenvalue weighted by Crippen LogP contribution is 2.64. The predicted molar refractivity (Wildman–Crippen MR) is 208 cm³/mol. The first-order chi connectivity index (χ1) is 26.2. The lowest BCUT2D eigenvalue weighted by Gasteiger charge is -2.50. The first kappa shape index (κ1) is 33.8. The number of nitrogens with one attached hydrogen (secondary N) is 1. The zero-order valence-corrected chi connectivity index (χ0v) is 30.1. The van der Waals surface area contributed by atoms with Crippen LogP contribution in [-0.4, -0.2) is 28.7 Å². The number of phenolic OH excluding ortho intramolecular Hbond substituents is 1. The Bertz CT molecular complexity index is 2380. The van der Waals surface area contributed by atoms with E-state index in [-0.39, 0.29) is 35.8 Å². The number of para-hydroxylation sites is 1. The maximum absolute atomic E-state index is 15.4. The molecule has 1 saturated carbocycles. The largest absolute Gasteiger partial charge is 0.508 e. The molecule has 0 bridgehead atoms. The van der Waals surface area contributed by atoms with Crippen molar-refractivity contribution >= 4 is 58.0 Å². The van der Waals surface area contributed by atoms with Crippen molar-refractivity contribution in [2.24, 2.45) is 23.7 Å². The molecule has 8 nitrogen and oxygen atoms in total. The van der Waals surface area contributed by atoms with E-state index >= 15 is 4.79 Å². The van der Waals surface area contributed by atoms with Crippen LogP contribution in [0.4, 0.5) is 22.7 Å². The molecule has 4 amide bonds. The normalized spacial score (nSPS) is 26.0. The van der Waals surface area contributed by atoms with E-state index in [0.29, 0.717) is 33.9 Å². The number of anilines is 4. The molecule has 2 aliphatic carbocycles. The predicted octanol–water partition coefficient (Wildman–Crippen LogP) is 8.46. The molecule has 9 heteroatoms. The summed E-state index contributed by atoms with van der Waals surface area (Å²) in [4.78, 5) is 61.8. The van der Waals surface area contributed by atoms with Crippen LogP contribution in [0.5, 0.6) is 5.75 Å². The average Bonchev–Trinajstić information content (AvgIpc) is 3.57. The van der Waals surface area contributed by atoms with Gasteiger partial charge in [0.2, 0.25) is 23.6 Å². The Balaban J connectivity index is 1.17. The monoisotopic (exact) mass is 733 g/mol. The summed E-state index contributed by atoms with van der Waals surface area (Å²) in [5.41, 5.74) is 4.13. The molecule has 2 N–H and O–H groups in total. The van der Waals surface area contributed by atoms with E-state index in [1.807, 2.05) is 91.0 Å². The van der Waals surface area contributed by atoms with Crippen molar-refractivity contribution in [1.82, 2.24) is 0 Å².